The summed E-state index contributed by atoms with van der Waals surface area (Å²) in [6.07, 6.45) is 6.18. The molecule has 0 amide bonds. The van der Waals surface area contributed by atoms with Gasteiger partial charge in [0, 0.05) is 41.0 Å². The molecule has 0 saturated heterocycles. The molecule has 0 bridgehead atoms. The van der Waals surface area contributed by atoms with Crippen molar-refractivity contribution in [2.75, 3.05) is 18.0 Å². The Kier molecular flexibility index (Phi) is 7.10. The summed E-state index contributed by atoms with van der Waals surface area (Å²) in [5, 5.41) is 3.63. The number of unbranched alkanes of at least 4 members (excludes halogenated alkanes) is 1. The fourth-order valence-electron chi connectivity index (χ4n) is 5.44. The van der Waals surface area contributed by atoms with Gasteiger partial charge in [-0.2, -0.15) is 0 Å². The number of aromatic nitrogens is 2. The quantitative estimate of drug-likeness (QED) is 0.146. The highest BCUT2D eigenvalue weighted by atomic mass is 16.4. The third-order valence-electron chi connectivity index (χ3n) is 7.70. The molecule has 0 saturated carbocycles. The number of aryl methyl sites for hydroxylation is 1. The van der Waals surface area contributed by atoms with E-state index in [1.54, 1.807) is 12.1 Å². The zero-order chi connectivity index (χ0) is 28.5. The Morgan fingerprint density at radius 2 is 1.41 bits per heavy atom. The molecule has 3 heterocycles. The Labute approximate surface area is 237 Å². The second-order valence-electron chi connectivity index (χ2n) is 10.2. The molecule has 41 heavy (non-hydrogen) atoms. The minimum absolute atomic E-state index is 0.308. The molecule has 206 valence electrons. The summed E-state index contributed by atoms with van der Waals surface area (Å²) in [6, 6.07) is 19.6. The Balaban J connectivity index is 1.35. The van der Waals surface area contributed by atoms with Crippen molar-refractivity contribution >= 4 is 38.4 Å². The molecular weight excluding hydrogens is 514 g/mol. The van der Waals surface area contributed by atoms with Crippen LogP contribution in [0.1, 0.15) is 39.2 Å². The van der Waals surface area contributed by atoms with Crippen LogP contribution in [0, 0.1) is 0 Å². The molecule has 0 N–H and O–H groups in total. The fraction of sp³-hybridized carbons (Fsp3) is 0.235. The molecule has 3 aromatic carbocycles. The van der Waals surface area contributed by atoms with Gasteiger partial charge in [-0.25, -0.2) is 9.59 Å². The van der Waals surface area contributed by atoms with Crippen LogP contribution in [-0.2, 0) is 6.42 Å². The molecule has 6 rings (SSSR count). The van der Waals surface area contributed by atoms with E-state index in [1.807, 2.05) is 36.4 Å². The van der Waals surface area contributed by atoms with Gasteiger partial charge in [0.2, 0.25) is 0 Å². The monoisotopic (exact) mass is 545 g/mol. The van der Waals surface area contributed by atoms with Crippen LogP contribution in [0.2, 0.25) is 0 Å². The minimum atomic E-state index is -0.494. The number of rotatable bonds is 8. The highest BCUT2D eigenvalue weighted by Gasteiger charge is 2.15. The second kappa shape index (κ2) is 11.0. The molecule has 0 spiro atoms. The van der Waals surface area contributed by atoms with E-state index in [2.05, 4.69) is 47.8 Å². The van der Waals surface area contributed by atoms with Crippen LogP contribution < -0.4 is 16.2 Å². The predicted octanol–water partition coefficient (Wildman–Crippen LogP) is 7.37. The average Bonchev–Trinajstić information content (AvgIpc) is 3.00. The number of hydrogen-bond acceptors (Lipinski definition) is 7. The van der Waals surface area contributed by atoms with E-state index in [1.165, 1.54) is 18.0 Å². The Hall–Kier alpha value is -4.78. The maximum absolute atomic E-state index is 13.1. The predicted molar refractivity (Wildman–Crippen MR) is 165 cm³/mol. The molecule has 0 aliphatic rings. The van der Waals surface area contributed by atoms with Gasteiger partial charge in [0.05, 0.1) is 34.9 Å². The van der Waals surface area contributed by atoms with Crippen LogP contribution >= 0.6 is 0 Å². The maximum atomic E-state index is 13.1. The van der Waals surface area contributed by atoms with Gasteiger partial charge >= 0.3 is 11.3 Å². The first-order valence-electron chi connectivity index (χ1n) is 14.1. The molecule has 6 aromatic rings. The first-order valence-corrected chi connectivity index (χ1v) is 14.1. The van der Waals surface area contributed by atoms with E-state index in [0.717, 1.165) is 59.6 Å². The smallest absolute Gasteiger partial charge is 0.345 e. The van der Waals surface area contributed by atoms with Crippen molar-refractivity contribution in [2.24, 2.45) is 0 Å². The van der Waals surface area contributed by atoms with Crippen molar-refractivity contribution in [1.29, 1.82) is 0 Å². The molecule has 0 aliphatic carbocycles. The summed E-state index contributed by atoms with van der Waals surface area (Å²) < 4.78 is 11.5. The lowest BCUT2D eigenvalue weighted by Crippen LogP contribution is -2.21. The molecule has 7 heteroatoms. The molecule has 3 aromatic heterocycles. The SMILES string of the molecule is CCCCc1cccc2c1ccc1cc(-c3cnc(-c4cc5ccc(N(CC)CC)cc5oc4=O)cn3)c(=O)oc12. The van der Waals surface area contributed by atoms with Crippen LogP contribution in [0.5, 0.6) is 0 Å². The molecule has 0 radical (unpaired) electrons. The van der Waals surface area contributed by atoms with Gasteiger partial charge in [0.25, 0.3) is 0 Å². The largest absolute Gasteiger partial charge is 0.422 e. The first kappa shape index (κ1) is 26.4. The summed E-state index contributed by atoms with van der Waals surface area (Å²) in [6.45, 7) is 8.07. The van der Waals surface area contributed by atoms with Gasteiger partial charge in [-0.1, -0.05) is 43.7 Å². The average molecular weight is 546 g/mol. The molecule has 0 atom stereocenters. The maximum Gasteiger partial charge on any atom is 0.345 e. The van der Waals surface area contributed by atoms with Crippen molar-refractivity contribution < 1.29 is 8.83 Å². The highest BCUT2D eigenvalue weighted by Crippen LogP contribution is 2.30. The second-order valence-corrected chi connectivity index (χ2v) is 10.2. The Morgan fingerprint density at radius 3 is 2.10 bits per heavy atom. The summed E-state index contributed by atoms with van der Waals surface area (Å²) in [7, 11) is 0. The molecular formula is C34H31N3O4. The van der Waals surface area contributed by atoms with E-state index >= 15 is 0 Å². The van der Waals surface area contributed by atoms with Crippen LogP contribution in [0.25, 0.3) is 55.2 Å². The molecule has 0 aliphatic heterocycles. The van der Waals surface area contributed by atoms with Crippen molar-refractivity contribution in [2.45, 2.75) is 40.0 Å². The fourth-order valence-corrected chi connectivity index (χ4v) is 5.44. The van der Waals surface area contributed by atoms with Gasteiger partial charge < -0.3 is 13.7 Å². The topological polar surface area (TPSA) is 89.4 Å². The molecule has 0 fully saturated rings. The summed E-state index contributed by atoms with van der Waals surface area (Å²) >= 11 is 0. The number of hydrogen-bond donors (Lipinski definition) is 0. The third kappa shape index (κ3) is 4.88. The van der Waals surface area contributed by atoms with Gasteiger partial charge in [-0.15, -0.1) is 0 Å². The van der Waals surface area contributed by atoms with Crippen LogP contribution in [0.4, 0.5) is 5.69 Å². The van der Waals surface area contributed by atoms with E-state index < -0.39 is 11.3 Å². The lowest BCUT2D eigenvalue weighted by molar-refractivity contribution is 0.563. The molecule has 7 nitrogen and oxygen atoms in total. The molecule has 0 unspecified atom stereocenters. The number of anilines is 1. The normalized spacial score (nSPS) is 11.5. The Morgan fingerprint density at radius 1 is 0.732 bits per heavy atom. The first-order chi connectivity index (χ1) is 20.0. The van der Waals surface area contributed by atoms with Gasteiger partial charge in [0.1, 0.15) is 11.2 Å². The van der Waals surface area contributed by atoms with Crippen molar-refractivity contribution in [3.8, 4) is 22.5 Å². The lowest BCUT2D eigenvalue weighted by atomic mass is 9.98. The summed E-state index contributed by atoms with van der Waals surface area (Å²) in [4.78, 5) is 37.1. The van der Waals surface area contributed by atoms with Crippen LogP contribution in [0.3, 0.4) is 0 Å². The third-order valence-corrected chi connectivity index (χ3v) is 7.70. The van der Waals surface area contributed by atoms with Crippen LogP contribution in [-0.4, -0.2) is 23.1 Å². The zero-order valence-electron chi connectivity index (χ0n) is 23.4. The number of nitrogens with zero attached hydrogens (tertiary/aromatic N) is 3. The minimum Gasteiger partial charge on any atom is -0.422 e. The van der Waals surface area contributed by atoms with Crippen molar-refractivity contribution in [3.63, 3.8) is 0 Å². The van der Waals surface area contributed by atoms with E-state index in [9.17, 15) is 9.59 Å². The van der Waals surface area contributed by atoms with Gasteiger partial charge in [-0.05, 0) is 61.9 Å². The van der Waals surface area contributed by atoms with Gasteiger partial charge in [-0.3, -0.25) is 9.97 Å². The van der Waals surface area contributed by atoms with Crippen molar-refractivity contribution in [3.05, 3.63) is 99.5 Å². The van der Waals surface area contributed by atoms with E-state index in [-0.39, 0.29) is 0 Å². The number of fused-ring (bicyclic) bond motifs is 4. The van der Waals surface area contributed by atoms with E-state index in [0.29, 0.717) is 33.7 Å². The van der Waals surface area contributed by atoms with Crippen LogP contribution in [0.15, 0.2) is 91.5 Å². The summed E-state index contributed by atoms with van der Waals surface area (Å²) in [5.74, 6) is 0. The highest BCUT2D eigenvalue weighted by molar-refractivity contribution is 6.05. The number of benzene rings is 3. The summed E-state index contributed by atoms with van der Waals surface area (Å²) in [5.41, 5.74) is 3.72. The lowest BCUT2D eigenvalue weighted by Gasteiger charge is -2.21. The van der Waals surface area contributed by atoms with Gasteiger partial charge in [0.15, 0.2) is 0 Å². The van der Waals surface area contributed by atoms with E-state index in [4.69, 9.17) is 8.83 Å². The Bertz CT molecular complexity index is 2000. The standard InChI is InChI=1S/C34H31N3O4/c1-4-7-9-21-10-8-11-26-25(21)15-13-23-17-28(34(39)41-32(23)26)30-20-35-29(19-36-30)27-16-22-12-14-24(37(5-2)6-3)18-31(22)40-33(27)38/h8,10-20H,4-7,9H2,1-3H3. The van der Waals surface area contributed by atoms with Crippen molar-refractivity contribution in [1.82, 2.24) is 9.97 Å². The zero-order valence-corrected chi connectivity index (χ0v) is 23.4.